The molecular weight excluding hydrogens is 340 g/mol. The number of fused-ring (bicyclic) bond motifs is 1. The van der Waals surface area contributed by atoms with Crippen LogP contribution in [0.1, 0.15) is 6.92 Å². The Morgan fingerprint density at radius 3 is 2.81 bits per heavy atom. The molecule has 1 atom stereocenters. The van der Waals surface area contributed by atoms with E-state index in [1.165, 1.54) is 11.0 Å². The van der Waals surface area contributed by atoms with E-state index in [1.54, 1.807) is 7.05 Å². The fourth-order valence-corrected chi connectivity index (χ4v) is 2.96. The summed E-state index contributed by atoms with van der Waals surface area (Å²) < 4.78 is 32.6. The Morgan fingerprint density at radius 1 is 1.31 bits per heavy atom. The highest BCUT2D eigenvalue weighted by atomic mass is 19.1. The first kappa shape index (κ1) is 18.0. The van der Waals surface area contributed by atoms with E-state index < -0.39 is 17.7 Å². The first-order valence-electron chi connectivity index (χ1n) is 8.45. The normalized spacial score (nSPS) is 15.8. The quantitative estimate of drug-likeness (QED) is 0.903. The minimum absolute atomic E-state index is 0.0617. The first-order valence-corrected chi connectivity index (χ1v) is 8.45. The maximum atomic E-state index is 13.7. The van der Waals surface area contributed by atoms with Gasteiger partial charge in [0.2, 0.25) is 0 Å². The Bertz CT molecular complexity index is 800. The molecule has 0 radical (unpaired) electrons. The number of benzene rings is 2. The Morgan fingerprint density at radius 2 is 2.08 bits per heavy atom. The van der Waals surface area contributed by atoms with Gasteiger partial charge in [0.25, 0.3) is 0 Å². The summed E-state index contributed by atoms with van der Waals surface area (Å²) in [4.78, 5) is 15.9. The smallest absolute Gasteiger partial charge is 0.321 e. The highest BCUT2D eigenvalue weighted by Gasteiger charge is 2.26. The van der Waals surface area contributed by atoms with E-state index in [2.05, 4.69) is 17.1 Å². The molecule has 0 spiro atoms. The van der Waals surface area contributed by atoms with Crippen LogP contribution in [0.15, 0.2) is 42.5 Å². The summed E-state index contributed by atoms with van der Waals surface area (Å²) in [7, 11) is 1.61. The second-order valence-electron chi connectivity index (χ2n) is 6.18. The third kappa shape index (κ3) is 3.87. The Labute approximate surface area is 151 Å². The van der Waals surface area contributed by atoms with Gasteiger partial charge in [0.05, 0.1) is 24.5 Å². The molecule has 1 aliphatic rings. The Balaban J connectivity index is 1.64. The molecule has 0 aliphatic carbocycles. The monoisotopic (exact) mass is 361 g/mol. The van der Waals surface area contributed by atoms with Crippen LogP contribution in [0, 0.1) is 11.6 Å². The summed E-state index contributed by atoms with van der Waals surface area (Å²) in [5, 5.41) is 2.45. The van der Waals surface area contributed by atoms with Gasteiger partial charge in [-0.3, -0.25) is 0 Å². The molecule has 26 heavy (non-hydrogen) atoms. The molecule has 1 aliphatic heterocycles. The van der Waals surface area contributed by atoms with Crippen molar-refractivity contribution in [1.82, 2.24) is 4.90 Å². The number of amides is 2. The fourth-order valence-electron chi connectivity index (χ4n) is 2.96. The van der Waals surface area contributed by atoms with Crippen molar-refractivity contribution in [2.75, 3.05) is 36.9 Å². The van der Waals surface area contributed by atoms with Crippen molar-refractivity contribution in [3.05, 3.63) is 54.1 Å². The van der Waals surface area contributed by atoms with Crippen molar-refractivity contribution >= 4 is 17.4 Å². The molecule has 5 nitrogen and oxygen atoms in total. The van der Waals surface area contributed by atoms with Crippen LogP contribution in [0.2, 0.25) is 0 Å². The number of hydrogen-bond donors (Lipinski definition) is 1. The van der Waals surface area contributed by atoms with Crippen LogP contribution in [-0.2, 0) is 0 Å². The van der Waals surface area contributed by atoms with Gasteiger partial charge >= 0.3 is 6.03 Å². The number of nitrogens with one attached hydrogen (secondary N) is 1. The van der Waals surface area contributed by atoms with Gasteiger partial charge < -0.3 is 19.9 Å². The fraction of sp³-hybridized carbons (Fsp3) is 0.316. The number of nitrogens with zero attached hydrogens (tertiary/aromatic N) is 2. The number of urea groups is 1. The number of rotatable bonds is 4. The number of carbonyl (C=O) groups is 1. The van der Waals surface area contributed by atoms with Gasteiger partial charge in [-0.05, 0) is 31.2 Å². The summed E-state index contributed by atoms with van der Waals surface area (Å²) in [5.74, 6) is -0.724. The summed E-state index contributed by atoms with van der Waals surface area (Å²) >= 11 is 0. The van der Waals surface area contributed by atoms with E-state index in [4.69, 9.17) is 4.74 Å². The predicted octanol–water partition coefficient (Wildman–Crippen LogP) is 3.72. The molecule has 0 saturated carbocycles. The van der Waals surface area contributed by atoms with E-state index in [0.29, 0.717) is 13.1 Å². The largest absolute Gasteiger partial charge is 0.485 e. The van der Waals surface area contributed by atoms with E-state index in [1.807, 2.05) is 24.3 Å². The van der Waals surface area contributed by atoms with Gasteiger partial charge in [-0.25, -0.2) is 13.6 Å². The molecule has 2 aromatic carbocycles. The van der Waals surface area contributed by atoms with Gasteiger partial charge in [-0.1, -0.05) is 12.1 Å². The van der Waals surface area contributed by atoms with Crippen LogP contribution in [0.25, 0.3) is 0 Å². The number of para-hydroxylation sites is 2. The lowest BCUT2D eigenvalue weighted by molar-refractivity contribution is 0.150. The molecule has 0 unspecified atom stereocenters. The van der Waals surface area contributed by atoms with Crippen LogP contribution in [-0.4, -0.2) is 43.7 Å². The lowest BCUT2D eigenvalue weighted by Crippen LogP contribution is -2.47. The SMILES string of the molecule is CCN1C[C@H](CN(C)C(=O)Nc2ccc(F)cc2F)Oc2ccccc21. The average Bonchev–Trinajstić information content (AvgIpc) is 2.63. The molecule has 1 N–H and O–H groups in total. The van der Waals surface area contributed by atoms with Crippen LogP contribution >= 0.6 is 0 Å². The maximum absolute atomic E-state index is 13.7. The molecule has 2 amide bonds. The van der Waals surface area contributed by atoms with Crippen molar-refractivity contribution in [2.45, 2.75) is 13.0 Å². The maximum Gasteiger partial charge on any atom is 0.321 e. The minimum Gasteiger partial charge on any atom is -0.485 e. The molecule has 0 bridgehead atoms. The lowest BCUT2D eigenvalue weighted by atomic mass is 10.2. The second kappa shape index (κ2) is 7.59. The number of carbonyl (C=O) groups excluding carboxylic acids is 1. The number of likely N-dealkylation sites (N-methyl/N-ethyl adjacent to an activating group) is 2. The average molecular weight is 361 g/mol. The van der Waals surface area contributed by atoms with E-state index in [-0.39, 0.29) is 11.8 Å². The van der Waals surface area contributed by atoms with Crippen molar-refractivity contribution in [3.63, 3.8) is 0 Å². The summed E-state index contributed by atoms with van der Waals surface area (Å²) in [6, 6.07) is 10.3. The lowest BCUT2D eigenvalue weighted by Gasteiger charge is -2.37. The van der Waals surface area contributed by atoms with Crippen molar-refractivity contribution in [1.29, 1.82) is 0 Å². The van der Waals surface area contributed by atoms with Crippen LogP contribution < -0.4 is 15.0 Å². The zero-order valence-electron chi connectivity index (χ0n) is 14.7. The number of hydrogen-bond acceptors (Lipinski definition) is 3. The van der Waals surface area contributed by atoms with Crippen molar-refractivity contribution in [2.24, 2.45) is 0 Å². The highest BCUT2D eigenvalue weighted by molar-refractivity contribution is 5.89. The molecule has 3 rings (SSSR count). The minimum atomic E-state index is -0.813. The molecule has 2 aromatic rings. The Kier molecular flexibility index (Phi) is 5.25. The zero-order valence-corrected chi connectivity index (χ0v) is 14.7. The summed E-state index contributed by atoms with van der Waals surface area (Å²) in [6.07, 6.45) is -0.210. The molecule has 0 saturated heterocycles. The van der Waals surface area contributed by atoms with Crippen molar-refractivity contribution < 1.29 is 18.3 Å². The van der Waals surface area contributed by atoms with Gasteiger partial charge in [0.1, 0.15) is 23.5 Å². The molecule has 0 aromatic heterocycles. The number of halogens is 2. The predicted molar refractivity (Wildman–Crippen MR) is 96.8 cm³/mol. The molecule has 0 fully saturated rings. The summed E-state index contributed by atoms with van der Waals surface area (Å²) in [6.45, 7) is 3.87. The molecule has 1 heterocycles. The van der Waals surface area contributed by atoms with Gasteiger partial charge in [0, 0.05) is 19.7 Å². The first-order chi connectivity index (χ1) is 12.5. The summed E-state index contributed by atoms with van der Waals surface area (Å²) in [5.41, 5.74) is 0.972. The zero-order chi connectivity index (χ0) is 18.7. The molecule has 138 valence electrons. The second-order valence-corrected chi connectivity index (χ2v) is 6.18. The van der Waals surface area contributed by atoms with E-state index >= 15 is 0 Å². The van der Waals surface area contributed by atoms with E-state index in [9.17, 15) is 13.6 Å². The van der Waals surface area contributed by atoms with Crippen LogP contribution in [0.4, 0.5) is 25.0 Å². The van der Waals surface area contributed by atoms with E-state index in [0.717, 1.165) is 30.1 Å². The van der Waals surface area contributed by atoms with Gasteiger partial charge in [0.15, 0.2) is 0 Å². The van der Waals surface area contributed by atoms with Gasteiger partial charge in [-0.2, -0.15) is 0 Å². The third-order valence-corrected chi connectivity index (χ3v) is 4.30. The molecular formula is C19H21F2N3O2. The standard InChI is InChI=1S/C19H21F2N3O2/c1-3-24-12-14(26-18-7-5-4-6-17(18)24)11-23(2)19(25)22-16-9-8-13(20)10-15(16)21/h4-10,14H,3,11-12H2,1-2H3,(H,22,25)/t14-/m0/s1. The van der Waals surface area contributed by atoms with Crippen molar-refractivity contribution in [3.8, 4) is 5.75 Å². The van der Waals surface area contributed by atoms with Crippen LogP contribution in [0.5, 0.6) is 5.75 Å². The van der Waals surface area contributed by atoms with Crippen LogP contribution in [0.3, 0.4) is 0 Å². The number of ether oxygens (including phenoxy) is 1. The van der Waals surface area contributed by atoms with Gasteiger partial charge in [-0.15, -0.1) is 0 Å². The Hall–Kier alpha value is -2.83. The highest BCUT2D eigenvalue weighted by Crippen LogP contribution is 2.32. The third-order valence-electron chi connectivity index (χ3n) is 4.30. The number of anilines is 2. The molecule has 7 heteroatoms. The topological polar surface area (TPSA) is 44.8 Å².